The molecule has 0 radical (unpaired) electrons. The zero-order valence-corrected chi connectivity index (χ0v) is 9.47. The van der Waals surface area contributed by atoms with Crippen LogP contribution in [0.1, 0.15) is 6.92 Å². The molecule has 2 rings (SSSR count). The lowest BCUT2D eigenvalue weighted by atomic mass is 10.3. The molecule has 16 heavy (non-hydrogen) atoms. The van der Waals surface area contributed by atoms with Gasteiger partial charge in [0.1, 0.15) is 5.52 Å². The largest absolute Gasteiger partial charge is 0.312 e. The molecule has 4 N–H and O–H groups in total. The smallest absolute Gasteiger partial charge is 0.310 e. The van der Waals surface area contributed by atoms with Crippen LogP contribution in [-0.2, 0) is 4.79 Å². The predicted molar refractivity (Wildman–Crippen MR) is 63.3 cm³/mol. The summed E-state index contributed by atoms with van der Waals surface area (Å²) in [5.41, 5.74) is 6.48. The van der Waals surface area contributed by atoms with Gasteiger partial charge < -0.3 is 5.73 Å². The molecule has 1 aromatic heterocycles. The van der Waals surface area contributed by atoms with Crippen LogP contribution in [0, 0.1) is 0 Å². The van der Waals surface area contributed by atoms with Gasteiger partial charge in [0.15, 0.2) is 0 Å². The van der Waals surface area contributed by atoms with Crippen molar-refractivity contribution in [2.24, 2.45) is 5.73 Å². The minimum Gasteiger partial charge on any atom is -0.310 e. The minimum absolute atomic E-state index is 0.187. The van der Waals surface area contributed by atoms with Crippen molar-refractivity contribution < 1.29 is 9.79 Å². The standard InChI is InChI=1S/C10H10N4OS/c1-6(15)12-9(11)14-10-13-7-4-2-3-5-8(7)16-10/h2-5H,1H3,(H3,11,12,13,14,15)/p+1. The predicted octanol–water partition coefficient (Wildman–Crippen LogP) is -0.541. The zero-order chi connectivity index (χ0) is 11.5. The van der Waals surface area contributed by atoms with Crippen LogP contribution >= 0.6 is 11.3 Å². The fourth-order valence-corrected chi connectivity index (χ4v) is 2.14. The first-order valence-electron chi connectivity index (χ1n) is 4.68. The molecule has 5 nitrogen and oxygen atoms in total. The second kappa shape index (κ2) is 4.28. The van der Waals surface area contributed by atoms with Gasteiger partial charge in [-0.05, 0) is 12.1 Å². The number of para-hydroxylation sites is 1. The summed E-state index contributed by atoms with van der Waals surface area (Å²) in [5.74, 6) is -0.0299. The van der Waals surface area contributed by atoms with Crippen LogP contribution in [0.3, 0.4) is 0 Å². The van der Waals surface area contributed by atoms with Gasteiger partial charge in [-0.3, -0.25) is 4.79 Å². The highest BCUT2D eigenvalue weighted by Crippen LogP contribution is 2.21. The number of nitrogens with two attached hydrogens (primary N) is 1. The molecule has 6 heteroatoms. The van der Waals surface area contributed by atoms with Crippen LogP contribution in [0.4, 0.5) is 5.13 Å². The third-order valence-electron chi connectivity index (χ3n) is 1.85. The molecule has 0 aliphatic heterocycles. The molecule has 0 unspecified atom stereocenters. The van der Waals surface area contributed by atoms with E-state index in [0.717, 1.165) is 10.2 Å². The van der Waals surface area contributed by atoms with Crippen LogP contribution in [-0.4, -0.2) is 16.9 Å². The van der Waals surface area contributed by atoms with E-state index >= 15 is 0 Å². The fraction of sp³-hybridized carbons (Fsp3) is 0.100. The summed E-state index contributed by atoms with van der Waals surface area (Å²) < 4.78 is 1.07. The van der Waals surface area contributed by atoms with Crippen LogP contribution in [0.5, 0.6) is 0 Å². The van der Waals surface area contributed by atoms with E-state index in [1.807, 2.05) is 24.3 Å². The summed E-state index contributed by atoms with van der Waals surface area (Å²) in [7, 11) is 0. The molecule has 2 aromatic rings. The summed E-state index contributed by atoms with van der Waals surface area (Å²) in [5, 5.41) is 3.11. The lowest BCUT2D eigenvalue weighted by Crippen LogP contribution is -2.73. The highest BCUT2D eigenvalue weighted by molar-refractivity contribution is 7.21. The Balaban J connectivity index is 2.30. The van der Waals surface area contributed by atoms with Crippen molar-refractivity contribution in [3.05, 3.63) is 24.3 Å². The molecule has 0 saturated carbocycles. The molecule has 1 aromatic carbocycles. The Morgan fingerprint density at radius 1 is 1.50 bits per heavy atom. The Morgan fingerprint density at radius 3 is 2.94 bits per heavy atom. The van der Waals surface area contributed by atoms with E-state index in [1.165, 1.54) is 18.3 Å². The van der Waals surface area contributed by atoms with Crippen molar-refractivity contribution in [3.63, 3.8) is 0 Å². The monoisotopic (exact) mass is 235 g/mol. The Bertz CT molecular complexity index is 528. The average molecular weight is 235 g/mol. The van der Waals surface area contributed by atoms with Gasteiger partial charge in [0.2, 0.25) is 0 Å². The van der Waals surface area contributed by atoms with E-state index in [1.54, 1.807) is 0 Å². The highest BCUT2D eigenvalue weighted by atomic mass is 32.1. The molecule has 0 spiro atoms. The second-order valence-corrected chi connectivity index (χ2v) is 4.24. The normalized spacial score (nSPS) is 11.7. The van der Waals surface area contributed by atoms with E-state index in [2.05, 4.69) is 15.3 Å². The number of benzene rings is 1. The van der Waals surface area contributed by atoms with Gasteiger partial charge in [0.25, 0.3) is 11.0 Å². The number of thiazole rings is 1. The van der Waals surface area contributed by atoms with Crippen molar-refractivity contribution in [2.75, 3.05) is 0 Å². The number of aromatic nitrogens is 1. The van der Waals surface area contributed by atoms with Gasteiger partial charge in [0.05, 0.1) is 4.70 Å². The quantitative estimate of drug-likeness (QED) is 0.458. The molecule has 0 aliphatic carbocycles. The van der Waals surface area contributed by atoms with Crippen LogP contribution in [0.15, 0.2) is 24.3 Å². The van der Waals surface area contributed by atoms with Crippen molar-refractivity contribution in [1.29, 1.82) is 0 Å². The molecule has 0 saturated heterocycles. The van der Waals surface area contributed by atoms with Gasteiger partial charge in [-0.2, -0.15) is 0 Å². The van der Waals surface area contributed by atoms with Crippen LogP contribution in [0.25, 0.3) is 10.2 Å². The molecular weight excluding hydrogens is 224 g/mol. The first kappa shape index (κ1) is 10.6. The molecule has 82 valence electrons. The van der Waals surface area contributed by atoms with Crippen molar-refractivity contribution in [3.8, 4) is 0 Å². The minimum atomic E-state index is -0.217. The summed E-state index contributed by atoms with van der Waals surface area (Å²) in [6.45, 7) is 1.40. The van der Waals surface area contributed by atoms with E-state index in [0.29, 0.717) is 5.13 Å². The summed E-state index contributed by atoms with van der Waals surface area (Å²) in [4.78, 5) is 17.9. The maximum absolute atomic E-state index is 10.7. The first-order chi connectivity index (χ1) is 7.65. The fourth-order valence-electron chi connectivity index (χ4n) is 1.26. The van der Waals surface area contributed by atoms with Gasteiger partial charge in [-0.25, -0.2) is 10.3 Å². The number of carbonyl (C=O) groups is 1. The highest BCUT2D eigenvalue weighted by Gasteiger charge is 2.07. The summed E-state index contributed by atoms with van der Waals surface area (Å²) in [6, 6.07) is 7.77. The number of hydrogen-bond donors (Lipinski definition) is 3. The number of nitrogens with zero attached hydrogens (tertiary/aromatic N) is 1. The van der Waals surface area contributed by atoms with Crippen molar-refractivity contribution in [1.82, 2.24) is 10.3 Å². The number of nitrogens with one attached hydrogen (secondary N) is 2. The van der Waals surface area contributed by atoms with Gasteiger partial charge >= 0.3 is 5.96 Å². The molecular formula is C10H11N4OS+. The number of rotatable bonds is 1. The Labute approximate surface area is 96.0 Å². The number of hydrogen-bond acceptors (Lipinski definition) is 3. The average Bonchev–Trinajstić information content (AvgIpc) is 2.57. The Kier molecular flexibility index (Phi) is 2.82. The molecule has 0 aliphatic rings. The molecule has 0 atom stereocenters. The van der Waals surface area contributed by atoms with Gasteiger partial charge in [-0.15, -0.1) is 4.98 Å². The molecule has 0 fully saturated rings. The lowest BCUT2D eigenvalue weighted by molar-refractivity contribution is -0.356. The molecule has 0 bridgehead atoms. The Hall–Kier alpha value is -1.95. The first-order valence-corrected chi connectivity index (χ1v) is 5.49. The lowest BCUT2D eigenvalue weighted by Gasteiger charge is -1.91. The number of amides is 1. The maximum atomic E-state index is 10.7. The van der Waals surface area contributed by atoms with E-state index in [-0.39, 0.29) is 11.9 Å². The van der Waals surface area contributed by atoms with Gasteiger partial charge in [-0.1, -0.05) is 23.5 Å². The maximum Gasteiger partial charge on any atom is 0.312 e. The number of carbonyl (C=O) groups excluding carboxylic acids is 1. The zero-order valence-electron chi connectivity index (χ0n) is 8.65. The van der Waals surface area contributed by atoms with E-state index in [9.17, 15) is 4.79 Å². The van der Waals surface area contributed by atoms with E-state index in [4.69, 9.17) is 5.73 Å². The van der Waals surface area contributed by atoms with E-state index < -0.39 is 0 Å². The third kappa shape index (κ3) is 2.34. The summed E-state index contributed by atoms with van der Waals surface area (Å²) in [6.07, 6.45) is 0. The SMILES string of the molecule is CC(=O)NC(N)=[NH+]c1nc2ccccc2s1. The third-order valence-corrected chi connectivity index (χ3v) is 2.80. The van der Waals surface area contributed by atoms with Crippen LogP contribution < -0.4 is 16.0 Å². The summed E-state index contributed by atoms with van der Waals surface area (Å²) >= 11 is 1.48. The number of guanidine groups is 1. The van der Waals surface area contributed by atoms with Crippen molar-refractivity contribution >= 4 is 38.6 Å². The number of fused-ring (bicyclic) bond motifs is 1. The topological polar surface area (TPSA) is 82.0 Å². The molecule has 1 amide bonds. The molecule has 1 heterocycles. The van der Waals surface area contributed by atoms with Crippen LogP contribution in [0.2, 0.25) is 0 Å². The van der Waals surface area contributed by atoms with Crippen molar-refractivity contribution in [2.45, 2.75) is 6.92 Å². The van der Waals surface area contributed by atoms with Gasteiger partial charge in [0, 0.05) is 6.92 Å². The Morgan fingerprint density at radius 2 is 2.25 bits per heavy atom. The second-order valence-electron chi connectivity index (χ2n) is 3.21.